The standard InChI is InChI=1S/C12H25N3O/c1-10(2)6-12(8-13,5-9(14)16)7-11(3,4)15-10/h15H,5-8,13H2,1-4H3,(H2,14,16). The van der Waals surface area contributed by atoms with Crippen LogP contribution in [0.25, 0.3) is 0 Å². The third-order valence-corrected chi connectivity index (χ3v) is 3.29. The first-order valence-electron chi connectivity index (χ1n) is 5.88. The van der Waals surface area contributed by atoms with Crippen LogP contribution < -0.4 is 16.8 Å². The van der Waals surface area contributed by atoms with Gasteiger partial charge in [-0.2, -0.15) is 0 Å². The Bertz CT molecular complexity index is 268. The number of rotatable bonds is 3. The number of primary amides is 1. The van der Waals surface area contributed by atoms with E-state index in [4.69, 9.17) is 11.5 Å². The predicted molar refractivity (Wildman–Crippen MR) is 65.8 cm³/mol. The maximum absolute atomic E-state index is 11.2. The molecule has 5 N–H and O–H groups in total. The Morgan fingerprint density at radius 2 is 1.62 bits per heavy atom. The van der Waals surface area contributed by atoms with Gasteiger partial charge in [0.25, 0.3) is 0 Å². The molecule has 0 aromatic carbocycles. The summed E-state index contributed by atoms with van der Waals surface area (Å²) in [5.41, 5.74) is 11.1. The zero-order valence-corrected chi connectivity index (χ0v) is 10.9. The average Bonchev–Trinajstić information content (AvgIpc) is 1.96. The molecule has 4 nitrogen and oxygen atoms in total. The van der Waals surface area contributed by atoms with Gasteiger partial charge in [0, 0.05) is 17.5 Å². The first-order chi connectivity index (χ1) is 7.10. The van der Waals surface area contributed by atoms with Gasteiger partial charge in [0.05, 0.1) is 0 Å². The van der Waals surface area contributed by atoms with E-state index in [1.54, 1.807) is 0 Å². The number of piperidine rings is 1. The molecule has 0 unspecified atom stereocenters. The highest BCUT2D eigenvalue weighted by Crippen LogP contribution is 2.43. The lowest BCUT2D eigenvalue weighted by Crippen LogP contribution is -2.63. The van der Waals surface area contributed by atoms with Crippen LogP contribution in [0.1, 0.15) is 47.0 Å². The average molecular weight is 227 g/mol. The molecule has 0 atom stereocenters. The van der Waals surface area contributed by atoms with Gasteiger partial charge in [0.15, 0.2) is 0 Å². The van der Waals surface area contributed by atoms with E-state index in [1.165, 1.54) is 0 Å². The van der Waals surface area contributed by atoms with Gasteiger partial charge in [-0.05, 0) is 52.5 Å². The predicted octanol–water partition coefficient (Wildman–Crippen LogP) is 0.748. The monoisotopic (exact) mass is 227 g/mol. The number of carbonyl (C=O) groups is 1. The Balaban J connectivity index is 2.96. The molecule has 1 rings (SSSR count). The van der Waals surface area contributed by atoms with Gasteiger partial charge < -0.3 is 16.8 Å². The topological polar surface area (TPSA) is 81.1 Å². The van der Waals surface area contributed by atoms with Crippen molar-refractivity contribution in [2.75, 3.05) is 6.54 Å². The first kappa shape index (κ1) is 13.5. The molecule has 1 saturated heterocycles. The zero-order chi connectivity index (χ0) is 12.6. The Morgan fingerprint density at radius 3 is 1.94 bits per heavy atom. The molecule has 0 saturated carbocycles. The summed E-state index contributed by atoms with van der Waals surface area (Å²) in [6.45, 7) is 9.13. The summed E-state index contributed by atoms with van der Waals surface area (Å²) in [6.07, 6.45) is 2.17. The second kappa shape index (κ2) is 4.00. The van der Waals surface area contributed by atoms with Gasteiger partial charge in [-0.3, -0.25) is 4.79 Å². The van der Waals surface area contributed by atoms with E-state index in [-0.39, 0.29) is 22.4 Å². The van der Waals surface area contributed by atoms with Gasteiger partial charge in [-0.25, -0.2) is 0 Å². The van der Waals surface area contributed by atoms with Crippen molar-refractivity contribution in [2.24, 2.45) is 16.9 Å². The highest BCUT2D eigenvalue weighted by atomic mass is 16.1. The van der Waals surface area contributed by atoms with Crippen LogP contribution in [0.3, 0.4) is 0 Å². The van der Waals surface area contributed by atoms with Gasteiger partial charge >= 0.3 is 0 Å². The Labute approximate surface area is 98.1 Å². The van der Waals surface area contributed by atoms with Crippen LogP contribution >= 0.6 is 0 Å². The minimum atomic E-state index is -0.251. The van der Waals surface area contributed by atoms with Crippen molar-refractivity contribution in [1.82, 2.24) is 5.32 Å². The summed E-state index contributed by atoms with van der Waals surface area (Å²) in [6, 6.07) is 0. The summed E-state index contributed by atoms with van der Waals surface area (Å²) in [5.74, 6) is -0.251. The lowest BCUT2D eigenvalue weighted by atomic mass is 9.64. The van der Waals surface area contributed by atoms with Crippen molar-refractivity contribution >= 4 is 5.91 Å². The molecular weight excluding hydrogens is 202 g/mol. The van der Waals surface area contributed by atoms with Crippen LogP contribution in [0.2, 0.25) is 0 Å². The number of carbonyl (C=O) groups excluding carboxylic acids is 1. The van der Waals surface area contributed by atoms with E-state index in [2.05, 4.69) is 33.0 Å². The van der Waals surface area contributed by atoms with Crippen molar-refractivity contribution in [1.29, 1.82) is 0 Å². The van der Waals surface area contributed by atoms with Crippen molar-refractivity contribution in [2.45, 2.75) is 58.0 Å². The minimum absolute atomic E-state index is 0.00340. The number of amides is 1. The molecule has 0 spiro atoms. The van der Waals surface area contributed by atoms with Gasteiger partial charge in [-0.1, -0.05) is 0 Å². The number of hydrogen-bond acceptors (Lipinski definition) is 3. The van der Waals surface area contributed by atoms with Crippen LogP contribution in [0, 0.1) is 5.41 Å². The smallest absolute Gasteiger partial charge is 0.218 e. The molecule has 0 bridgehead atoms. The van der Waals surface area contributed by atoms with E-state index in [0.717, 1.165) is 12.8 Å². The molecule has 1 heterocycles. The van der Waals surface area contributed by atoms with E-state index >= 15 is 0 Å². The summed E-state index contributed by atoms with van der Waals surface area (Å²) in [7, 11) is 0. The van der Waals surface area contributed by atoms with Crippen LogP contribution in [0.5, 0.6) is 0 Å². The molecule has 0 aromatic heterocycles. The second-order valence-electron chi connectivity index (χ2n) is 6.59. The van der Waals surface area contributed by atoms with E-state index in [0.29, 0.717) is 13.0 Å². The van der Waals surface area contributed by atoms with E-state index < -0.39 is 0 Å². The Morgan fingerprint density at radius 1 is 1.19 bits per heavy atom. The molecule has 1 amide bonds. The van der Waals surface area contributed by atoms with Crippen LogP contribution in [-0.2, 0) is 4.79 Å². The van der Waals surface area contributed by atoms with E-state index in [9.17, 15) is 4.79 Å². The van der Waals surface area contributed by atoms with Gasteiger partial charge in [0.1, 0.15) is 0 Å². The highest BCUT2D eigenvalue weighted by Gasteiger charge is 2.46. The van der Waals surface area contributed by atoms with Crippen molar-refractivity contribution in [3.05, 3.63) is 0 Å². The molecule has 94 valence electrons. The third kappa shape index (κ3) is 3.19. The lowest BCUT2D eigenvalue weighted by Gasteiger charge is -2.52. The molecule has 4 heteroatoms. The third-order valence-electron chi connectivity index (χ3n) is 3.29. The van der Waals surface area contributed by atoms with Crippen LogP contribution in [0.15, 0.2) is 0 Å². The number of nitrogens with one attached hydrogen (secondary N) is 1. The van der Waals surface area contributed by atoms with Crippen LogP contribution in [0.4, 0.5) is 0 Å². The molecule has 1 aliphatic rings. The molecule has 0 radical (unpaired) electrons. The number of nitrogens with two attached hydrogens (primary N) is 2. The van der Waals surface area contributed by atoms with Gasteiger partial charge in [-0.15, -0.1) is 0 Å². The van der Waals surface area contributed by atoms with Crippen molar-refractivity contribution in [3.8, 4) is 0 Å². The fourth-order valence-corrected chi connectivity index (χ4v) is 3.65. The van der Waals surface area contributed by atoms with Crippen molar-refractivity contribution in [3.63, 3.8) is 0 Å². The normalized spacial score (nSPS) is 26.3. The molecule has 0 aliphatic carbocycles. The Kier molecular flexibility index (Phi) is 3.37. The SMILES string of the molecule is CC1(C)CC(CN)(CC(N)=O)CC(C)(C)N1. The summed E-state index contributed by atoms with van der Waals surface area (Å²) in [4.78, 5) is 11.2. The molecule has 0 aromatic rings. The second-order valence-corrected chi connectivity index (χ2v) is 6.59. The number of hydrogen-bond donors (Lipinski definition) is 3. The summed E-state index contributed by atoms with van der Waals surface area (Å²) in [5, 5.41) is 3.59. The molecule has 16 heavy (non-hydrogen) atoms. The fourth-order valence-electron chi connectivity index (χ4n) is 3.65. The van der Waals surface area contributed by atoms with Gasteiger partial charge in [0.2, 0.25) is 5.91 Å². The first-order valence-corrected chi connectivity index (χ1v) is 5.88. The maximum atomic E-state index is 11.2. The zero-order valence-electron chi connectivity index (χ0n) is 10.9. The quantitative estimate of drug-likeness (QED) is 0.665. The molecule has 1 aliphatic heterocycles. The lowest BCUT2D eigenvalue weighted by molar-refractivity contribution is -0.121. The largest absolute Gasteiger partial charge is 0.370 e. The summed E-state index contributed by atoms with van der Waals surface area (Å²) < 4.78 is 0. The molecule has 1 fully saturated rings. The maximum Gasteiger partial charge on any atom is 0.218 e. The summed E-state index contributed by atoms with van der Waals surface area (Å²) >= 11 is 0. The van der Waals surface area contributed by atoms with E-state index in [1.807, 2.05) is 0 Å². The molecular formula is C12H25N3O. The minimum Gasteiger partial charge on any atom is -0.370 e. The van der Waals surface area contributed by atoms with Crippen LogP contribution in [-0.4, -0.2) is 23.5 Å². The highest BCUT2D eigenvalue weighted by molar-refractivity contribution is 5.74. The van der Waals surface area contributed by atoms with Crippen molar-refractivity contribution < 1.29 is 4.79 Å². The Hall–Kier alpha value is -0.610. The fraction of sp³-hybridized carbons (Fsp3) is 0.917.